The van der Waals surface area contributed by atoms with Crippen molar-refractivity contribution in [3.05, 3.63) is 35.6 Å². The van der Waals surface area contributed by atoms with E-state index in [0.29, 0.717) is 6.54 Å². The number of carbonyl (C=O) groups excluding carboxylic acids is 1. The summed E-state index contributed by atoms with van der Waals surface area (Å²) >= 11 is 0. The quantitative estimate of drug-likeness (QED) is 0.779. The minimum Gasteiger partial charge on any atom is -0.351 e. The normalized spacial score (nSPS) is 20.8. The number of benzene rings is 1. The summed E-state index contributed by atoms with van der Waals surface area (Å²) in [6.45, 7) is 0.692. The summed E-state index contributed by atoms with van der Waals surface area (Å²) < 4.78 is 12.8. The molecule has 0 radical (unpaired) electrons. The molecule has 86 valence electrons. The molecule has 1 atom stereocenters. The first-order valence-corrected chi connectivity index (χ1v) is 5.50. The van der Waals surface area contributed by atoms with Crippen LogP contribution >= 0.6 is 0 Å². The second-order valence-corrected chi connectivity index (χ2v) is 4.09. The van der Waals surface area contributed by atoms with Crippen LogP contribution in [0.25, 0.3) is 0 Å². The molecule has 1 unspecified atom stereocenters. The van der Waals surface area contributed by atoms with Gasteiger partial charge in [0.05, 0.1) is 6.04 Å². The first-order chi connectivity index (χ1) is 7.68. The van der Waals surface area contributed by atoms with Gasteiger partial charge in [-0.05, 0) is 37.0 Å². The number of likely N-dealkylation sites (tertiary alicyclic amines) is 1. The lowest BCUT2D eigenvalue weighted by atomic mass is 9.95. The zero-order chi connectivity index (χ0) is 11.5. The molecule has 1 aliphatic rings. The number of nitrogens with zero attached hydrogens (tertiary/aromatic N) is 1. The zero-order valence-corrected chi connectivity index (χ0v) is 9.03. The monoisotopic (exact) mass is 222 g/mol. The number of halogens is 1. The Hall–Kier alpha value is -1.58. The highest BCUT2D eigenvalue weighted by Gasteiger charge is 2.26. The van der Waals surface area contributed by atoms with Crippen molar-refractivity contribution >= 4 is 6.03 Å². The Labute approximate surface area is 94.0 Å². The van der Waals surface area contributed by atoms with Crippen molar-refractivity contribution in [3.8, 4) is 0 Å². The van der Waals surface area contributed by atoms with Gasteiger partial charge in [-0.3, -0.25) is 0 Å². The van der Waals surface area contributed by atoms with Crippen LogP contribution in [0.5, 0.6) is 0 Å². The number of amides is 2. The van der Waals surface area contributed by atoms with E-state index in [4.69, 9.17) is 5.73 Å². The molecule has 2 N–H and O–H groups in total. The molecule has 2 rings (SSSR count). The van der Waals surface area contributed by atoms with Crippen LogP contribution in [-0.2, 0) is 0 Å². The maximum absolute atomic E-state index is 12.8. The fourth-order valence-electron chi connectivity index (χ4n) is 2.23. The highest BCUT2D eigenvalue weighted by molar-refractivity contribution is 5.72. The average Bonchev–Trinajstić information content (AvgIpc) is 2.30. The second-order valence-electron chi connectivity index (χ2n) is 4.09. The molecule has 0 spiro atoms. The molecular weight excluding hydrogens is 207 g/mol. The van der Waals surface area contributed by atoms with Crippen LogP contribution in [0.4, 0.5) is 9.18 Å². The van der Waals surface area contributed by atoms with E-state index in [0.717, 1.165) is 24.8 Å². The number of hydrogen-bond acceptors (Lipinski definition) is 1. The van der Waals surface area contributed by atoms with E-state index in [-0.39, 0.29) is 11.9 Å². The molecule has 0 saturated carbocycles. The zero-order valence-electron chi connectivity index (χ0n) is 9.03. The highest BCUT2D eigenvalue weighted by atomic mass is 19.1. The predicted octanol–water partition coefficient (Wildman–Crippen LogP) is 2.43. The molecule has 3 nitrogen and oxygen atoms in total. The molecule has 2 amide bonds. The summed E-state index contributed by atoms with van der Waals surface area (Å²) in [5.41, 5.74) is 6.30. The van der Waals surface area contributed by atoms with Gasteiger partial charge in [0.1, 0.15) is 5.82 Å². The Kier molecular flexibility index (Phi) is 3.08. The van der Waals surface area contributed by atoms with Crippen molar-refractivity contribution in [2.75, 3.05) is 6.54 Å². The molecule has 4 heteroatoms. The summed E-state index contributed by atoms with van der Waals surface area (Å²) in [7, 11) is 0. The molecule has 1 heterocycles. The number of primary amides is 1. The topological polar surface area (TPSA) is 46.3 Å². The predicted molar refractivity (Wildman–Crippen MR) is 59.3 cm³/mol. The van der Waals surface area contributed by atoms with Crippen LogP contribution in [0.2, 0.25) is 0 Å². The summed E-state index contributed by atoms with van der Waals surface area (Å²) in [6.07, 6.45) is 2.96. The van der Waals surface area contributed by atoms with Gasteiger partial charge in [-0.25, -0.2) is 9.18 Å². The Bertz CT molecular complexity index is 377. The van der Waals surface area contributed by atoms with Crippen molar-refractivity contribution in [2.24, 2.45) is 5.73 Å². The van der Waals surface area contributed by atoms with Crippen LogP contribution in [0.15, 0.2) is 24.3 Å². The SMILES string of the molecule is NC(=O)N1CCCCC1c1ccc(F)cc1. The molecule has 1 aromatic carbocycles. The van der Waals surface area contributed by atoms with Gasteiger partial charge >= 0.3 is 6.03 Å². The average molecular weight is 222 g/mol. The van der Waals surface area contributed by atoms with Gasteiger partial charge in [-0.15, -0.1) is 0 Å². The molecular formula is C12H15FN2O. The third-order valence-corrected chi connectivity index (χ3v) is 3.04. The highest BCUT2D eigenvalue weighted by Crippen LogP contribution is 2.30. The van der Waals surface area contributed by atoms with Gasteiger partial charge in [-0.1, -0.05) is 12.1 Å². The lowest BCUT2D eigenvalue weighted by Gasteiger charge is -2.34. The van der Waals surface area contributed by atoms with Gasteiger partial charge < -0.3 is 10.6 Å². The lowest BCUT2D eigenvalue weighted by molar-refractivity contribution is 0.160. The molecule has 1 aliphatic heterocycles. The van der Waals surface area contributed by atoms with Crippen LogP contribution in [0.1, 0.15) is 30.9 Å². The molecule has 0 aliphatic carbocycles. The van der Waals surface area contributed by atoms with Crippen LogP contribution in [0, 0.1) is 5.82 Å². The van der Waals surface area contributed by atoms with Crippen molar-refractivity contribution in [2.45, 2.75) is 25.3 Å². The van der Waals surface area contributed by atoms with Crippen molar-refractivity contribution < 1.29 is 9.18 Å². The summed E-state index contributed by atoms with van der Waals surface area (Å²) in [5, 5.41) is 0. The Morgan fingerprint density at radius 1 is 1.31 bits per heavy atom. The van der Waals surface area contributed by atoms with Crippen molar-refractivity contribution in [3.63, 3.8) is 0 Å². The van der Waals surface area contributed by atoms with Gasteiger partial charge in [0.25, 0.3) is 0 Å². The van der Waals surface area contributed by atoms with Gasteiger partial charge in [0.15, 0.2) is 0 Å². The summed E-state index contributed by atoms with van der Waals surface area (Å²) in [6, 6.07) is 5.90. The van der Waals surface area contributed by atoms with E-state index in [1.807, 2.05) is 0 Å². The molecule has 0 aromatic heterocycles. The minimum absolute atomic E-state index is 0.00634. The molecule has 0 bridgehead atoms. The number of urea groups is 1. The lowest BCUT2D eigenvalue weighted by Crippen LogP contribution is -2.41. The fourth-order valence-corrected chi connectivity index (χ4v) is 2.23. The van der Waals surface area contributed by atoms with E-state index < -0.39 is 6.03 Å². The minimum atomic E-state index is -0.394. The Balaban J connectivity index is 2.23. The van der Waals surface area contributed by atoms with Crippen molar-refractivity contribution in [1.29, 1.82) is 0 Å². The number of carbonyl (C=O) groups is 1. The first kappa shape index (κ1) is 10.9. The molecule has 1 fully saturated rings. The van der Waals surface area contributed by atoms with Crippen molar-refractivity contribution in [1.82, 2.24) is 4.90 Å². The number of rotatable bonds is 1. The summed E-state index contributed by atoms with van der Waals surface area (Å²) in [5.74, 6) is -0.259. The second kappa shape index (κ2) is 4.51. The van der Waals surface area contributed by atoms with E-state index in [1.54, 1.807) is 17.0 Å². The van der Waals surface area contributed by atoms with Gasteiger partial charge in [0.2, 0.25) is 0 Å². The van der Waals surface area contributed by atoms with E-state index in [1.165, 1.54) is 12.1 Å². The third kappa shape index (κ3) is 2.15. The van der Waals surface area contributed by atoms with E-state index in [9.17, 15) is 9.18 Å². The number of nitrogens with two attached hydrogens (primary N) is 1. The fraction of sp³-hybridized carbons (Fsp3) is 0.417. The first-order valence-electron chi connectivity index (χ1n) is 5.50. The standard InChI is InChI=1S/C12H15FN2O/c13-10-6-4-9(5-7-10)11-3-1-2-8-15(11)12(14)16/h4-7,11H,1-3,8H2,(H2,14,16). The number of piperidine rings is 1. The third-order valence-electron chi connectivity index (χ3n) is 3.04. The molecule has 1 aromatic rings. The maximum Gasteiger partial charge on any atom is 0.315 e. The summed E-state index contributed by atoms with van der Waals surface area (Å²) in [4.78, 5) is 12.9. The van der Waals surface area contributed by atoms with Crippen LogP contribution < -0.4 is 5.73 Å². The van der Waals surface area contributed by atoms with Gasteiger partial charge in [0, 0.05) is 6.54 Å². The molecule has 16 heavy (non-hydrogen) atoms. The van der Waals surface area contributed by atoms with Crippen LogP contribution in [-0.4, -0.2) is 17.5 Å². The van der Waals surface area contributed by atoms with E-state index >= 15 is 0 Å². The Morgan fingerprint density at radius 3 is 2.62 bits per heavy atom. The van der Waals surface area contributed by atoms with Crippen LogP contribution in [0.3, 0.4) is 0 Å². The Morgan fingerprint density at radius 2 is 2.00 bits per heavy atom. The van der Waals surface area contributed by atoms with Gasteiger partial charge in [-0.2, -0.15) is 0 Å². The number of hydrogen-bond donors (Lipinski definition) is 1. The maximum atomic E-state index is 12.8. The van der Waals surface area contributed by atoms with E-state index in [2.05, 4.69) is 0 Å². The molecule has 1 saturated heterocycles. The smallest absolute Gasteiger partial charge is 0.315 e. The largest absolute Gasteiger partial charge is 0.351 e.